The van der Waals surface area contributed by atoms with Gasteiger partial charge in [0.1, 0.15) is 5.75 Å². The first-order valence-corrected chi connectivity index (χ1v) is 6.65. The van der Waals surface area contributed by atoms with Crippen molar-refractivity contribution in [3.8, 4) is 5.75 Å². The third-order valence-corrected chi connectivity index (χ3v) is 3.08. The maximum atomic E-state index is 11.9. The predicted molar refractivity (Wildman–Crippen MR) is 82.3 cm³/mol. The Morgan fingerprint density at radius 1 is 1.05 bits per heavy atom. The van der Waals surface area contributed by atoms with Crippen LogP contribution in [0.1, 0.15) is 27.9 Å². The summed E-state index contributed by atoms with van der Waals surface area (Å²) in [5.74, 6) is -0.770. The van der Waals surface area contributed by atoms with E-state index in [1.807, 2.05) is 31.2 Å². The number of benzene rings is 2. The van der Waals surface area contributed by atoms with Crippen molar-refractivity contribution in [3.63, 3.8) is 0 Å². The largest absolute Gasteiger partial charge is 0.507 e. The van der Waals surface area contributed by atoms with Gasteiger partial charge in [-0.15, -0.1) is 0 Å². The number of para-hydroxylation sites is 1. The van der Waals surface area contributed by atoms with Gasteiger partial charge in [0.05, 0.1) is 12.0 Å². The third kappa shape index (κ3) is 4.14. The van der Waals surface area contributed by atoms with Crippen molar-refractivity contribution in [1.82, 2.24) is 0 Å². The first kappa shape index (κ1) is 14.7. The summed E-state index contributed by atoms with van der Waals surface area (Å²) >= 11 is 0. The fraction of sp³-hybridized carbons (Fsp3) is 0.111. The van der Waals surface area contributed by atoms with Crippen LogP contribution in [0.5, 0.6) is 5.75 Å². The fourth-order valence-electron chi connectivity index (χ4n) is 1.89. The molecule has 0 aliphatic carbocycles. The van der Waals surface area contributed by atoms with Crippen molar-refractivity contribution in [2.24, 2.45) is 0 Å². The first-order valence-electron chi connectivity index (χ1n) is 6.65. The Bertz CT molecular complexity index is 682. The maximum absolute atomic E-state index is 11.9. The van der Waals surface area contributed by atoms with Gasteiger partial charge in [-0.2, -0.15) is 0 Å². The highest BCUT2D eigenvalue weighted by Crippen LogP contribution is 2.17. The minimum absolute atomic E-state index is 0.0992. The predicted octanol–water partition coefficient (Wildman–Crippen LogP) is 3.56. The topological polar surface area (TPSA) is 54.4 Å². The molecule has 0 atom stereocenters. The average molecular weight is 280 g/mol. The highest BCUT2D eigenvalue weighted by molar-refractivity contribution is 6.13. The van der Waals surface area contributed by atoms with Crippen LogP contribution in [0, 0.1) is 6.92 Å². The molecule has 0 aromatic heterocycles. The lowest BCUT2D eigenvalue weighted by Gasteiger charge is -2.01. The van der Waals surface area contributed by atoms with Crippen molar-refractivity contribution >= 4 is 17.6 Å². The maximum Gasteiger partial charge on any atom is 0.174 e. The van der Waals surface area contributed by atoms with E-state index < -0.39 is 0 Å². The Labute approximate surface area is 123 Å². The number of allylic oxidation sites excluding steroid dienone is 1. The Balaban J connectivity index is 2.00. The Kier molecular flexibility index (Phi) is 4.67. The van der Waals surface area contributed by atoms with E-state index in [1.54, 1.807) is 18.2 Å². The molecule has 0 aliphatic heterocycles. The van der Waals surface area contributed by atoms with Crippen molar-refractivity contribution in [2.45, 2.75) is 13.3 Å². The molecular weight excluding hydrogens is 264 g/mol. The van der Waals surface area contributed by atoms with Gasteiger partial charge in [0.25, 0.3) is 0 Å². The van der Waals surface area contributed by atoms with E-state index in [0.29, 0.717) is 0 Å². The van der Waals surface area contributed by atoms with Crippen LogP contribution in [0.3, 0.4) is 0 Å². The van der Waals surface area contributed by atoms with Crippen LogP contribution in [0.4, 0.5) is 0 Å². The van der Waals surface area contributed by atoms with E-state index in [2.05, 4.69) is 0 Å². The smallest absolute Gasteiger partial charge is 0.174 e. The minimum Gasteiger partial charge on any atom is -0.507 e. The monoisotopic (exact) mass is 280 g/mol. The standard InChI is InChI=1S/C18H16O3/c1-13-6-8-14(9-7-13)10-11-15(19)12-18(21)16-4-2-3-5-17(16)20/h2-11,20H,12H2,1H3/b11-10+. The minimum atomic E-state index is -0.383. The summed E-state index contributed by atoms with van der Waals surface area (Å²) in [6.45, 7) is 1.99. The summed E-state index contributed by atoms with van der Waals surface area (Å²) in [7, 11) is 0. The number of rotatable bonds is 5. The Hall–Kier alpha value is -2.68. The zero-order valence-corrected chi connectivity index (χ0v) is 11.7. The lowest BCUT2D eigenvalue weighted by Crippen LogP contribution is -2.06. The highest BCUT2D eigenvalue weighted by atomic mass is 16.3. The van der Waals surface area contributed by atoms with Gasteiger partial charge in [-0.3, -0.25) is 9.59 Å². The van der Waals surface area contributed by atoms with E-state index >= 15 is 0 Å². The molecule has 0 radical (unpaired) electrons. The zero-order chi connectivity index (χ0) is 15.2. The number of ketones is 2. The van der Waals surface area contributed by atoms with Crippen LogP contribution >= 0.6 is 0 Å². The Morgan fingerprint density at radius 3 is 2.38 bits per heavy atom. The quantitative estimate of drug-likeness (QED) is 0.517. The van der Waals surface area contributed by atoms with E-state index in [1.165, 1.54) is 18.2 Å². The molecule has 0 unspecified atom stereocenters. The van der Waals surface area contributed by atoms with Gasteiger partial charge in [0, 0.05) is 0 Å². The van der Waals surface area contributed by atoms with Crippen LogP contribution in [0.25, 0.3) is 6.08 Å². The van der Waals surface area contributed by atoms with E-state index in [4.69, 9.17) is 0 Å². The van der Waals surface area contributed by atoms with Crippen LogP contribution in [-0.2, 0) is 4.79 Å². The summed E-state index contributed by atoms with van der Waals surface area (Å²) < 4.78 is 0. The molecule has 0 saturated carbocycles. The lowest BCUT2D eigenvalue weighted by atomic mass is 10.0. The molecular formula is C18H16O3. The van der Waals surface area contributed by atoms with Gasteiger partial charge in [-0.25, -0.2) is 0 Å². The number of hydrogen-bond acceptors (Lipinski definition) is 3. The molecule has 0 heterocycles. The normalized spacial score (nSPS) is 10.7. The number of phenols is 1. The number of aryl methyl sites for hydroxylation is 1. The fourth-order valence-corrected chi connectivity index (χ4v) is 1.89. The molecule has 0 bridgehead atoms. The highest BCUT2D eigenvalue weighted by Gasteiger charge is 2.13. The van der Waals surface area contributed by atoms with Gasteiger partial charge < -0.3 is 5.11 Å². The van der Waals surface area contributed by atoms with Crippen LogP contribution in [0.15, 0.2) is 54.6 Å². The molecule has 2 aromatic rings. The molecule has 21 heavy (non-hydrogen) atoms. The summed E-state index contributed by atoms with van der Waals surface area (Å²) in [5, 5.41) is 9.58. The molecule has 0 aliphatic rings. The number of phenolic OH excluding ortho intramolecular Hbond substituents is 1. The molecule has 3 heteroatoms. The zero-order valence-electron chi connectivity index (χ0n) is 11.7. The van der Waals surface area contributed by atoms with Crippen LogP contribution < -0.4 is 0 Å². The molecule has 106 valence electrons. The van der Waals surface area contributed by atoms with Crippen molar-refractivity contribution < 1.29 is 14.7 Å². The summed E-state index contributed by atoms with van der Waals surface area (Å²) in [5.41, 5.74) is 2.23. The van der Waals surface area contributed by atoms with Crippen LogP contribution in [0.2, 0.25) is 0 Å². The summed E-state index contributed by atoms with van der Waals surface area (Å²) in [6, 6.07) is 13.9. The van der Waals surface area contributed by atoms with Crippen molar-refractivity contribution in [1.29, 1.82) is 0 Å². The molecule has 2 rings (SSSR count). The molecule has 3 nitrogen and oxygen atoms in total. The SMILES string of the molecule is Cc1ccc(/C=C/C(=O)CC(=O)c2ccccc2O)cc1. The second kappa shape index (κ2) is 6.66. The van der Waals surface area contributed by atoms with E-state index in [0.717, 1.165) is 11.1 Å². The number of aromatic hydroxyl groups is 1. The van der Waals surface area contributed by atoms with Gasteiger partial charge in [-0.05, 0) is 30.7 Å². The molecule has 0 fully saturated rings. The lowest BCUT2D eigenvalue weighted by molar-refractivity contribution is -0.113. The summed E-state index contributed by atoms with van der Waals surface area (Å²) in [4.78, 5) is 23.7. The summed E-state index contributed by atoms with van der Waals surface area (Å²) in [6.07, 6.45) is 2.82. The number of carbonyl (C=O) groups excluding carboxylic acids is 2. The van der Waals surface area contributed by atoms with E-state index in [9.17, 15) is 14.7 Å². The van der Waals surface area contributed by atoms with Gasteiger partial charge in [-0.1, -0.05) is 48.0 Å². The molecule has 0 spiro atoms. The molecule has 0 saturated heterocycles. The van der Waals surface area contributed by atoms with Gasteiger partial charge in [0.15, 0.2) is 11.6 Å². The van der Waals surface area contributed by atoms with Crippen molar-refractivity contribution in [3.05, 3.63) is 71.3 Å². The third-order valence-electron chi connectivity index (χ3n) is 3.08. The number of carbonyl (C=O) groups is 2. The first-order chi connectivity index (χ1) is 10.1. The number of Topliss-reactive ketones (excluding diaryl/α,β-unsaturated/α-hetero) is 1. The van der Waals surface area contributed by atoms with Gasteiger partial charge in [0.2, 0.25) is 0 Å². The average Bonchev–Trinajstić information content (AvgIpc) is 2.47. The molecule has 1 N–H and O–H groups in total. The van der Waals surface area contributed by atoms with Crippen LogP contribution in [-0.4, -0.2) is 16.7 Å². The van der Waals surface area contributed by atoms with E-state index in [-0.39, 0.29) is 29.3 Å². The van der Waals surface area contributed by atoms with Crippen molar-refractivity contribution in [2.75, 3.05) is 0 Å². The number of hydrogen-bond donors (Lipinski definition) is 1. The second-order valence-electron chi connectivity index (χ2n) is 4.83. The van der Waals surface area contributed by atoms with Gasteiger partial charge >= 0.3 is 0 Å². The second-order valence-corrected chi connectivity index (χ2v) is 4.83. The Morgan fingerprint density at radius 2 is 1.71 bits per heavy atom. The molecule has 0 amide bonds. The molecule has 2 aromatic carbocycles.